The third-order valence-corrected chi connectivity index (χ3v) is 3.13. The number of rotatable bonds is 5. The molecule has 0 aliphatic rings. The van der Waals surface area contributed by atoms with Gasteiger partial charge in [0.25, 0.3) is 0 Å². The maximum Gasteiger partial charge on any atom is 0.223 e. The zero-order valence-corrected chi connectivity index (χ0v) is 16.1. The molecule has 1 N–H and O–H groups in total. The summed E-state index contributed by atoms with van der Waals surface area (Å²) in [6.45, 7) is 2.97. The lowest BCUT2D eigenvalue weighted by Gasteiger charge is -2.21. The summed E-state index contributed by atoms with van der Waals surface area (Å²) in [5, 5.41) is 7.06. The number of benzene rings is 1. The molecule has 1 heterocycles. The maximum absolute atomic E-state index is 5.16. The molecule has 0 unspecified atom stereocenters. The van der Waals surface area contributed by atoms with Crippen LogP contribution in [0.5, 0.6) is 5.75 Å². The van der Waals surface area contributed by atoms with E-state index in [9.17, 15) is 0 Å². The van der Waals surface area contributed by atoms with E-state index in [1.54, 1.807) is 21.1 Å². The third kappa shape index (κ3) is 5.70. The standard InChI is InChI=1S/C15H21N5O2.HI/c1-11-18-14(19-22-11)9-17-15(16-2)20(3)10-12-5-7-13(21-4)8-6-12;/h5-8H,9-10H2,1-4H3,(H,16,17);1H. The number of halogens is 1. The van der Waals surface area contributed by atoms with Crippen molar-refractivity contribution in [2.24, 2.45) is 4.99 Å². The van der Waals surface area contributed by atoms with Crippen molar-refractivity contribution in [3.05, 3.63) is 41.5 Å². The van der Waals surface area contributed by atoms with E-state index in [2.05, 4.69) is 20.4 Å². The number of nitrogens with zero attached hydrogens (tertiary/aromatic N) is 4. The third-order valence-electron chi connectivity index (χ3n) is 3.13. The molecule has 8 heteroatoms. The Kier molecular flexibility index (Phi) is 7.79. The molecule has 0 amide bonds. The summed E-state index contributed by atoms with van der Waals surface area (Å²) in [7, 11) is 5.38. The quantitative estimate of drug-likeness (QED) is 0.445. The van der Waals surface area contributed by atoms with Gasteiger partial charge >= 0.3 is 0 Å². The van der Waals surface area contributed by atoms with E-state index in [4.69, 9.17) is 9.26 Å². The molecule has 1 aromatic carbocycles. The highest BCUT2D eigenvalue weighted by Crippen LogP contribution is 2.12. The number of aliphatic imine (C=N–C) groups is 1. The Balaban J connectivity index is 0.00000264. The Morgan fingerprint density at radius 3 is 2.57 bits per heavy atom. The first-order valence-corrected chi connectivity index (χ1v) is 6.96. The number of hydrogen-bond acceptors (Lipinski definition) is 5. The number of hydrogen-bond donors (Lipinski definition) is 1. The number of guanidine groups is 1. The molecule has 0 aliphatic heterocycles. The van der Waals surface area contributed by atoms with Crippen LogP contribution in [0.1, 0.15) is 17.3 Å². The fourth-order valence-electron chi connectivity index (χ4n) is 2.04. The Hall–Kier alpha value is -1.84. The molecular formula is C15H22IN5O2. The van der Waals surface area contributed by atoms with Crippen LogP contribution < -0.4 is 10.1 Å². The van der Waals surface area contributed by atoms with Gasteiger partial charge in [0, 0.05) is 27.6 Å². The van der Waals surface area contributed by atoms with Crippen LogP contribution in [0.15, 0.2) is 33.8 Å². The van der Waals surface area contributed by atoms with E-state index < -0.39 is 0 Å². The summed E-state index contributed by atoms with van der Waals surface area (Å²) in [5.41, 5.74) is 1.17. The lowest BCUT2D eigenvalue weighted by molar-refractivity contribution is 0.386. The van der Waals surface area contributed by atoms with Crippen LogP contribution in [0.25, 0.3) is 0 Å². The minimum Gasteiger partial charge on any atom is -0.497 e. The van der Waals surface area contributed by atoms with Gasteiger partial charge in [-0.05, 0) is 17.7 Å². The molecule has 7 nitrogen and oxygen atoms in total. The van der Waals surface area contributed by atoms with Crippen LogP contribution >= 0.6 is 24.0 Å². The second-order valence-electron chi connectivity index (χ2n) is 4.83. The van der Waals surface area contributed by atoms with Crippen molar-refractivity contribution in [2.75, 3.05) is 21.2 Å². The summed E-state index contributed by atoms with van der Waals surface area (Å²) in [6.07, 6.45) is 0. The number of ether oxygens (including phenoxy) is 1. The van der Waals surface area contributed by atoms with Crippen LogP contribution in [0.2, 0.25) is 0 Å². The molecular weight excluding hydrogens is 409 g/mol. The van der Waals surface area contributed by atoms with Gasteiger partial charge in [0.05, 0.1) is 13.7 Å². The highest BCUT2D eigenvalue weighted by atomic mass is 127. The smallest absolute Gasteiger partial charge is 0.223 e. The second-order valence-corrected chi connectivity index (χ2v) is 4.83. The molecule has 0 fully saturated rings. The highest BCUT2D eigenvalue weighted by molar-refractivity contribution is 14.0. The van der Waals surface area contributed by atoms with E-state index in [-0.39, 0.29) is 24.0 Å². The van der Waals surface area contributed by atoms with Crippen molar-refractivity contribution >= 4 is 29.9 Å². The topological polar surface area (TPSA) is 75.8 Å². The molecule has 126 valence electrons. The van der Waals surface area contributed by atoms with Gasteiger partial charge in [0.15, 0.2) is 11.8 Å². The highest BCUT2D eigenvalue weighted by Gasteiger charge is 2.09. The molecule has 0 spiro atoms. The van der Waals surface area contributed by atoms with Crippen LogP contribution in [0.4, 0.5) is 0 Å². The van der Waals surface area contributed by atoms with E-state index in [0.717, 1.165) is 18.3 Å². The van der Waals surface area contributed by atoms with Gasteiger partial charge in [-0.15, -0.1) is 24.0 Å². The number of nitrogens with one attached hydrogen (secondary N) is 1. The van der Waals surface area contributed by atoms with E-state index in [1.165, 1.54) is 5.56 Å². The molecule has 0 bridgehead atoms. The summed E-state index contributed by atoms with van der Waals surface area (Å²) < 4.78 is 10.1. The van der Waals surface area contributed by atoms with Crippen molar-refractivity contribution in [3.63, 3.8) is 0 Å². The van der Waals surface area contributed by atoms with Crippen LogP contribution in [0.3, 0.4) is 0 Å². The molecule has 0 saturated heterocycles. The van der Waals surface area contributed by atoms with Gasteiger partial charge in [0.2, 0.25) is 5.89 Å². The second kappa shape index (κ2) is 9.33. The molecule has 0 radical (unpaired) electrons. The largest absolute Gasteiger partial charge is 0.497 e. The first kappa shape index (κ1) is 19.2. The molecule has 1 aromatic heterocycles. The van der Waals surface area contributed by atoms with Crippen LogP contribution in [-0.2, 0) is 13.1 Å². The van der Waals surface area contributed by atoms with Crippen LogP contribution in [-0.4, -0.2) is 42.2 Å². The number of aromatic nitrogens is 2. The SMILES string of the molecule is CN=C(NCc1noc(C)n1)N(C)Cc1ccc(OC)cc1.I. The average Bonchev–Trinajstić information content (AvgIpc) is 2.94. The van der Waals surface area contributed by atoms with E-state index >= 15 is 0 Å². The van der Waals surface area contributed by atoms with Gasteiger partial charge in [-0.2, -0.15) is 4.98 Å². The fourth-order valence-corrected chi connectivity index (χ4v) is 2.04. The zero-order chi connectivity index (χ0) is 15.9. The van der Waals surface area contributed by atoms with E-state index in [0.29, 0.717) is 18.3 Å². The molecule has 0 atom stereocenters. The number of methoxy groups -OCH3 is 1. The maximum atomic E-state index is 5.16. The van der Waals surface area contributed by atoms with Crippen LogP contribution in [0, 0.1) is 6.92 Å². The van der Waals surface area contributed by atoms with Crippen molar-refractivity contribution in [1.29, 1.82) is 0 Å². The summed E-state index contributed by atoms with van der Waals surface area (Å²) in [6, 6.07) is 7.96. The molecule has 0 aliphatic carbocycles. The van der Waals surface area contributed by atoms with E-state index in [1.807, 2.05) is 36.2 Å². The zero-order valence-electron chi connectivity index (χ0n) is 13.7. The molecule has 0 saturated carbocycles. The molecule has 23 heavy (non-hydrogen) atoms. The minimum absolute atomic E-state index is 0. The van der Waals surface area contributed by atoms with Gasteiger partial charge in [-0.1, -0.05) is 17.3 Å². The van der Waals surface area contributed by atoms with Gasteiger partial charge in [0.1, 0.15) is 5.75 Å². The first-order valence-electron chi connectivity index (χ1n) is 6.96. The summed E-state index contributed by atoms with van der Waals surface area (Å²) in [5.74, 6) is 2.77. The Labute approximate surface area is 153 Å². The normalized spacial score (nSPS) is 10.9. The Morgan fingerprint density at radius 1 is 1.35 bits per heavy atom. The summed E-state index contributed by atoms with van der Waals surface area (Å²) in [4.78, 5) is 10.4. The van der Waals surface area contributed by atoms with Gasteiger partial charge in [-0.25, -0.2) is 0 Å². The summed E-state index contributed by atoms with van der Waals surface area (Å²) >= 11 is 0. The van der Waals surface area contributed by atoms with Crippen molar-refractivity contribution in [1.82, 2.24) is 20.4 Å². The lowest BCUT2D eigenvalue weighted by atomic mass is 10.2. The Morgan fingerprint density at radius 2 is 2.04 bits per heavy atom. The fraction of sp³-hybridized carbons (Fsp3) is 0.400. The van der Waals surface area contributed by atoms with Crippen molar-refractivity contribution in [3.8, 4) is 5.75 Å². The number of aryl methyl sites for hydroxylation is 1. The minimum atomic E-state index is 0. The van der Waals surface area contributed by atoms with Crippen molar-refractivity contribution in [2.45, 2.75) is 20.0 Å². The lowest BCUT2D eigenvalue weighted by Crippen LogP contribution is -2.38. The van der Waals surface area contributed by atoms with Crippen molar-refractivity contribution < 1.29 is 9.26 Å². The predicted octanol–water partition coefficient (Wildman–Crippen LogP) is 2.21. The predicted molar refractivity (Wildman–Crippen MR) is 99.1 cm³/mol. The first-order chi connectivity index (χ1) is 10.6. The Bertz CT molecular complexity index is 627. The van der Waals surface area contributed by atoms with Gasteiger partial charge in [-0.3, -0.25) is 4.99 Å². The monoisotopic (exact) mass is 431 g/mol. The molecule has 2 rings (SSSR count). The molecule has 2 aromatic rings. The van der Waals surface area contributed by atoms with Gasteiger partial charge < -0.3 is 19.5 Å². The average molecular weight is 431 g/mol.